The molecule has 0 unspecified atom stereocenters. The molecule has 6 nitrogen and oxygen atoms in total. The Hall–Kier alpha value is -2.15. The third-order valence-electron chi connectivity index (χ3n) is 3.69. The minimum absolute atomic E-state index is 0.156. The molecule has 1 aromatic rings. The lowest BCUT2D eigenvalue weighted by atomic mass is 10.0. The molecule has 132 valence electrons. The summed E-state index contributed by atoms with van der Waals surface area (Å²) in [5, 5.41) is 5.51. The summed E-state index contributed by atoms with van der Waals surface area (Å²) in [6, 6.07) is 4.63. The molecule has 24 heavy (non-hydrogen) atoms. The third kappa shape index (κ3) is 4.92. The van der Waals surface area contributed by atoms with Crippen molar-refractivity contribution >= 4 is 11.9 Å². The SMILES string of the molecule is CC(C)OCCCNC(=O)N1CCNC(=O)[C@H]1c1cccc(F)c1. The predicted octanol–water partition coefficient (Wildman–Crippen LogP) is 1.82. The number of nitrogens with zero attached hydrogens (tertiary/aromatic N) is 1. The lowest BCUT2D eigenvalue weighted by Crippen LogP contribution is -2.55. The maximum Gasteiger partial charge on any atom is 0.318 e. The van der Waals surface area contributed by atoms with E-state index in [1.807, 2.05) is 13.8 Å². The van der Waals surface area contributed by atoms with Gasteiger partial charge in [0.25, 0.3) is 0 Å². The van der Waals surface area contributed by atoms with Crippen molar-refractivity contribution < 1.29 is 18.7 Å². The first kappa shape index (κ1) is 18.2. The number of piperazine rings is 1. The van der Waals surface area contributed by atoms with Crippen LogP contribution in [0.4, 0.5) is 9.18 Å². The number of nitrogens with one attached hydrogen (secondary N) is 2. The van der Waals surface area contributed by atoms with Crippen LogP contribution in [-0.4, -0.2) is 49.2 Å². The quantitative estimate of drug-likeness (QED) is 0.778. The van der Waals surface area contributed by atoms with E-state index in [0.29, 0.717) is 38.2 Å². The zero-order chi connectivity index (χ0) is 17.5. The Morgan fingerprint density at radius 1 is 1.50 bits per heavy atom. The summed E-state index contributed by atoms with van der Waals surface area (Å²) < 4.78 is 18.9. The van der Waals surface area contributed by atoms with E-state index >= 15 is 0 Å². The van der Waals surface area contributed by atoms with Crippen LogP contribution in [0.5, 0.6) is 0 Å². The van der Waals surface area contributed by atoms with E-state index in [9.17, 15) is 14.0 Å². The van der Waals surface area contributed by atoms with Crippen molar-refractivity contribution in [3.05, 3.63) is 35.6 Å². The van der Waals surface area contributed by atoms with Crippen molar-refractivity contribution in [1.82, 2.24) is 15.5 Å². The van der Waals surface area contributed by atoms with E-state index in [4.69, 9.17) is 4.74 Å². The molecule has 1 fully saturated rings. The van der Waals surface area contributed by atoms with Gasteiger partial charge in [-0.05, 0) is 38.0 Å². The van der Waals surface area contributed by atoms with Crippen molar-refractivity contribution in [3.8, 4) is 0 Å². The smallest absolute Gasteiger partial charge is 0.318 e. The van der Waals surface area contributed by atoms with Gasteiger partial charge in [-0.25, -0.2) is 9.18 Å². The van der Waals surface area contributed by atoms with Crippen molar-refractivity contribution in [3.63, 3.8) is 0 Å². The largest absolute Gasteiger partial charge is 0.379 e. The summed E-state index contributed by atoms with van der Waals surface area (Å²) in [7, 11) is 0. The number of ether oxygens (including phenoxy) is 1. The van der Waals surface area contributed by atoms with Crippen LogP contribution in [0.15, 0.2) is 24.3 Å². The number of hydrogen-bond donors (Lipinski definition) is 2. The minimum Gasteiger partial charge on any atom is -0.379 e. The van der Waals surface area contributed by atoms with E-state index in [1.54, 1.807) is 6.07 Å². The number of amides is 3. The van der Waals surface area contributed by atoms with Crippen LogP contribution in [-0.2, 0) is 9.53 Å². The number of benzene rings is 1. The fourth-order valence-electron chi connectivity index (χ4n) is 2.58. The van der Waals surface area contributed by atoms with Gasteiger partial charge in [0, 0.05) is 26.2 Å². The second-order valence-corrected chi connectivity index (χ2v) is 5.95. The van der Waals surface area contributed by atoms with Crippen molar-refractivity contribution in [2.24, 2.45) is 0 Å². The monoisotopic (exact) mass is 337 g/mol. The molecule has 3 amide bonds. The summed E-state index contributed by atoms with van der Waals surface area (Å²) in [5.74, 6) is -0.734. The van der Waals surface area contributed by atoms with Crippen molar-refractivity contribution in [2.75, 3.05) is 26.2 Å². The Balaban J connectivity index is 1.97. The first-order chi connectivity index (χ1) is 11.5. The highest BCUT2D eigenvalue weighted by Crippen LogP contribution is 2.23. The molecule has 0 saturated carbocycles. The van der Waals surface area contributed by atoms with Gasteiger partial charge in [-0.15, -0.1) is 0 Å². The Kier molecular flexibility index (Phi) is 6.54. The average Bonchev–Trinajstić information content (AvgIpc) is 2.53. The Morgan fingerprint density at radius 2 is 2.29 bits per heavy atom. The van der Waals surface area contributed by atoms with Gasteiger partial charge in [-0.1, -0.05) is 12.1 Å². The molecule has 2 rings (SSSR count). The van der Waals surface area contributed by atoms with Gasteiger partial charge in [0.2, 0.25) is 5.91 Å². The molecular formula is C17H24FN3O3. The fraction of sp³-hybridized carbons (Fsp3) is 0.529. The maximum absolute atomic E-state index is 13.5. The number of carbonyl (C=O) groups is 2. The van der Waals surface area contributed by atoms with Gasteiger partial charge < -0.3 is 20.3 Å². The van der Waals surface area contributed by atoms with Crippen LogP contribution >= 0.6 is 0 Å². The molecule has 1 heterocycles. The Morgan fingerprint density at radius 3 is 3.00 bits per heavy atom. The van der Waals surface area contributed by atoms with Crippen LogP contribution in [0, 0.1) is 5.82 Å². The van der Waals surface area contributed by atoms with Crippen LogP contribution in [0.3, 0.4) is 0 Å². The van der Waals surface area contributed by atoms with Crippen molar-refractivity contribution in [1.29, 1.82) is 0 Å². The van der Waals surface area contributed by atoms with Gasteiger partial charge in [0.15, 0.2) is 0 Å². The summed E-state index contributed by atoms with van der Waals surface area (Å²) in [6.07, 6.45) is 0.845. The fourth-order valence-corrected chi connectivity index (χ4v) is 2.58. The lowest BCUT2D eigenvalue weighted by Gasteiger charge is -2.35. The number of rotatable bonds is 6. The molecule has 7 heteroatoms. The van der Waals surface area contributed by atoms with Gasteiger partial charge in [0.05, 0.1) is 6.10 Å². The highest BCUT2D eigenvalue weighted by atomic mass is 19.1. The molecule has 1 aliphatic rings. The standard InChI is InChI=1S/C17H24FN3O3/c1-12(2)24-10-4-7-20-17(23)21-9-8-19-16(22)15(21)13-5-3-6-14(18)11-13/h3,5-6,11-12,15H,4,7-10H2,1-2H3,(H,19,22)(H,20,23)/t15-/m1/s1. The topological polar surface area (TPSA) is 70.7 Å². The zero-order valence-corrected chi connectivity index (χ0v) is 14.0. The highest BCUT2D eigenvalue weighted by molar-refractivity contribution is 5.89. The van der Waals surface area contributed by atoms with Crippen LogP contribution < -0.4 is 10.6 Å². The molecular weight excluding hydrogens is 313 g/mol. The molecule has 0 spiro atoms. The molecule has 1 atom stereocenters. The molecule has 0 radical (unpaired) electrons. The molecule has 1 aromatic carbocycles. The van der Waals surface area contributed by atoms with Crippen molar-refractivity contribution in [2.45, 2.75) is 32.4 Å². The Bertz CT molecular complexity index is 580. The summed E-state index contributed by atoms with van der Waals surface area (Å²) in [6.45, 7) is 5.68. The summed E-state index contributed by atoms with van der Waals surface area (Å²) in [4.78, 5) is 26.0. The van der Waals surface area contributed by atoms with E-state index in [2.05, 4.69) is 10.6 Å². The number of hydrogen-bond acceptors (Lipinski definition) is 3. The van der Waals surface area contributed by atoms with E-state index in [-0.39, 0.29) is 18.0 Å². The summed E-state index contributed by atoms with van der Waals surface area (Å²) in [5.41, 5.74) is 0.463. The van der Waals surface area contributed by atoms with Gasteiger partial charge >= 0.3 is 6.03 Å². The predicted molar refractivity (Wildman–Crippen MR) is 88.0 cm³/mol. The highest BCUT2D eigenvalue weighted by Gasteiger charge is 2.34. The Labute approximate surface area is 141 Å². The van der Waals surface area contributed by atoms with E-state index in [0.717, 1.165) is 0 Å². The van der Waals surface area contributed by atoms with Gasteiger partial charge in [-0.2, -0.15) is 0 Å². The normalized spacial score (nSPS) is 17.8. The van der Waals surface area contributed by atoms with Gasteiger partial charge in [0.1, 0.15) is 11.9 Å². The molecule has 0 aromatic heterocycles. The maximum atomic E-state index is 13.5. The van der Waals surface area contributed by atoms with E-state index < -0.39 is 11.9 Å². The number of halogens is 1. The van der Waals surface area contributed by atoms with Gasteiger partial charge in [-0.3, -0.25) is 4.79 Å². The average molecular weight is 337 g/mol. The molecule has 2 N–H and O–H groups in total. The second-order valence-electron chi connectivity index (χ2n) is 5.95. The molecule has 0 bridgehead atoms. The number of urea groups is 1. The number of carbonyl (C=O) groups excluding carboxylic acids is 2. The third-order valence-corrected chi connectivity index (χ3v) is 3.69. The zero-order valence-electron chi connectivity index (χ0n) is 14.0. The van der Waals surface area contributed by atoms with Crippen LogP contribution in [0.25, 0.3) is 0 Å². The first-order valence-electron chi connectivity index (χ1n) is 8.18. The molecule has 1 saturated heterocycles. The molecule has 0 aliphatic carbocycles. The van der Waals surface area contributed by atoms with Crippen LogP contribution in [0.2, 0.25) is 0 Å². The summed E-state index contributed by atoms with van der Waals surface area (Å²) >= 11 is 0. The minimum atomic E-state index is -0.818. The molecule has 1 aliphatic heterocycles. The lowest BCUT2D eigenvalue weighted by molar-refractivity contribution is -0.127. The van der Waals surface area contributed by atoms with E-state index in [1.165, 1.54) is 23.1 Å². The first-order valence-corrected chi connectivity index (χ1v) is 8.18. The second kappa shape index (κ2) is 8.63. The van der Waals surface area contributed by atoms with Crippen LogP contribution in [0.1, 0.15) is 31.9 Å².